The highest BCUT2D eigenvalue weighted by atomic mass is 35.5. The zero-order valence-corrected chi connectivity index (χ0v) is 20.1. The lowest BCUT2D eigenvalue weighted by molar-refractivity contribution is -0.116. The number of carbonyl (C=O) groups excluding carboxylic acids is 3. The number of sulfonamides is 1. The molecule has 12 heteroatoms. The summed E-state index contributed by atoms with van der Waals surface area (Å²) in [6.45, 7) is 1.37. The van der Waals surface area contributed by atoms with Gasteiger partial charge in [-0.25, -0.2) is 18.0 Å². The average molecular weight is 499 g/mol. The highest BCUT2D eigenvalue weighted by Crippen LogP contribution is 2.31. The fourth-order valence-electron chi connectivity index (χ4n) is 3.02. The maximum atomic E-state index is 13.0. The monoisotopic (exact) mass is 498 g/mol. The van der Waals surface area contributed by atoms with E-state index in [-0.39, 0.29) is 27.5 Å². The summed E-state index contributed by atoms with van der Waals surface area (Å²) in [4.78, 5) is 36.9. The summed E-state index contributed by atoms with van der Waals surface area (Å²) < 4.78 is 40.3. The Labute approximate surface area is 196 Å². The topological polar surface area (TPSA) is 128 Å². The lowest BCUT2D eigenvalue weighted by Gasteiger charge is -2.28. The van der Waals surface area contributed by atoms with Crippen LogP contribution in [0.25, 0.3) is 0 Å². The average Bonchev–Trinajstić information content (AvgIpc) is 2.76. The molecular weight excluding hydrogens is 476 g/mol. The smallest absolute Gasteiger partial charge is 0.337 e. The van der Waals surface area contributed by atoms with Gasteiger partial charge in [0, 0.05) is 5.69 Å². The van der Waals surface area contributed by atoms with Crippen LogP contribution < -0.4 is 14.4 Å². The van der Waals surface area contributed by atoms with Crippen molar-refractivity contribution in [3.8, 4) is 5.75 Å². The Kier molecular flexibility index (Phi) is 8.29. The zero-order valence-electron chi connectivity index (χ0n) is 18.5. The van der Waals surface area contributed by atoms with Crippen LogP contribution in [0, 0.1) is 0 Å². The number of hydrogen-bond acceptors (Lipinski definition) is 8. The number of benzene rings is 2. The van der Waals surface area contributed by atoms with Crippen molar-refractivity contribution >= 4 is 50.8 Å². The molecule has 33 heavy (non-hydrogen) atoms. The van der Waals surface area contributed by atoms with E-state index in [1.165, 1.54) is 50.4 Å². The van der Waals surface area contributed by atoms with Crippen molar-refractivity contribution in [1.29, 1.82) is 0 Å². The van der Waals surface area contributed by atoms with Gasteiger partial charge in [-0.15, -0.1) is 0 Å². The highest BCUT2D eigenvalue weighted by Gasteiger charge is 2.30. The Balaban J connectivity index is 2.44. The summed E-state index contributed by atoms with van der Waals surface area (Å²) in [7, 11) is -0.176. The Hall–Kier alpha value is -3.31. The van der Waals surface area contributed by atoms with Crippen molar-refractivity contribution < 1.29 is 37.0 Å². The highest BCUT2D eigenvalue weighted by molar-refractivity contribution is 7.92. The fourth-order valence-corrected chi connectivity index (χ4v) is 4.44. The molecular formula is C21H23ClN2O8S. The summed E-state index contributed by atoms with van der Waals surface area (Å²) >= 11 is 6.12. The van der Waals surface area contributed by atoms with Crippen molar-refractivity contribution in [1.82, 2.24) is 0 Å². The number of amides is 1. The Morgan fingerprint density at radius 2 is 1.52 bits per heavy atom. The molecule has 0 aliphatic heterocycles. The van der Waals surface area contributed by atoms with Crippen LogP contribution in [0.15, 0.2) is 36.4 Å². The number of nitrogens with zero attached hydrogens (tertiary/aromatic N) is 1. The predicted octanol–water partition coefficient (Wildman–Crippen LogP) is 2.72. The van der Waals surface area contributed by atoms with E-state index in [4.69, 9.17) is 16.3 Å². The standard InChI is InChI=1S/C21H23ClN2O8S/c1-12(24(33(5,28)29)16-6-7-18(30-2)17(22)11-16)19(25)23-15-9-13(20(26)31-3)8-14(10-15)21(27)32-4/h6-12H,1-5H3,(H,23,25)/t12-/m1/s1. The molecule has 0 aliphatic rings. The molecule has 0 saturated heterocycles. The first kappa shape index (κ1) is 25.9. The third-order valence-corrected chi connectivity index (χ3v) is 6.06. The lowest BCUT2D eigenvalue weighted by atomic mass is 10.1. The van der Waals surface area contributed by atoms with E-state index in [9.17, 15) is 22.8 Å². The van der Waals surface area contributed by atoms with E-state index in [2.05, 4.69) is 14.8 Å². The van der Waals surface area contributed by atoms with Crippen molar-refractivity contribution in [3.05, 3.63) is 52.5 Å². The quantitative estimate of drug-likeness (QED) is 0.550. The summed E-state index contributed by atoms with van der Waals surface area (Å²) in [5.41, 5.74) is 0.191. The molecule has 2 aromatic carbocycles. The molecule has 0 spiro atoms. The van der Waals surface area contributed by atoms with Crippen LogP contribution in [-0.2, 0) is 24.3 Å². The number of esters is 2. The zero-order chi connectivity index (χ0) is 24.9. The van der Waals surface area contributed by atoms with Crippen LogP contribution in [0.5, 0.6) is 5.75 Å². The normalized spacial score (nSPS) is 11.8. The Bertz CT molecular complexity index is 1150. The molecule has 1 N–H and O–H groups in total. The van der Waals surface area contributed by atoms with Crippen molar-refractivity contribution in [2.75, 3.05) is 37.2 Å². The van der Waals surface area contributed by atoms with Crippen molar-refractivity contribution in [2.24, 2.45) is 0 Å². The van der Waals surface area contributed by atoms with E-state index < -0.39 is 33.9 Å². The van der Waals surface area contributed by atoms with Crippen molar-refractivity contribution in [2.45, 2.75) is 13.0 Å². The molecule has 0 saturated carbocycles. The minimum absolute atomic E-state index is 0.00902. The molecule has 0 bridgehead atoms. The first-order chi connectivity index (χ1) is 15.4. The number of halogens is 1. The Morgan fingerprint density at radius 3 is 1.94 bits per heavy atom. The van der Waals surface area contributed by atoms with Crippen LogP contribution in [0.4, 0.5) is 11.4 Å². The number of carbonyl (C=O) groups is 3. The number of anilines is 2. The van der Waals surface area contributed by atoms with Gasteiger partial charge >= 0.3 is 11.9 Å². The molecule has 2 rings (SSSR count). The minimum Gasteiger partial charge on any atom is -0.495 e. The van der Waals surface area contributed by atoms with Gasteiger partial charge < -0.3 is 19.5 Å². The molecule has 2 aromatic rings. The van der Waals surface area contributed by atoms with E-state index >= 15 is 0 Å². The number of nitrogens with one attached hydrogen (secondary N) is 1. The number of rotatable bonds is 8. The van der Waals surface area contributed by atoms with E-state index in [1.807, 2.05) is 0 Å². The SMILES string of the molecule is COC(=O)c1cc(NC(=O)[C@@H](C)N(c2ccc(OC)c(Cl)c2)S(C)(=O)=O)cc(C(=O)OC)c1. The number of hydrogen-bond donors (Lipinski definition) is 1. The van der Waals surface area contributed by atoms with E-state index in [0.29, 0.717) is 5.75 Å². The number of ether oxygens (including phenoxy) is 3. The molecule has 0 radical (unpaired) electrons. The summed E-state index contributed by atoms with van der Waals surface area (Å²) in [6.07, 6.45) is 0.947. The van der Waals surface area contributed by atoms with Gasteiger partial charge in [0.15, 0.2) is 0 Å². The second-order valence-corrected chi connectivity index (χ2v) is 9.09. The maximum Gasteiger partial charge on any atom is 0.337 e. The minimum atomic E-state index is -3.92. The molecule has 0 aliphatic carbocycles. The second-order valence-electron chi connectivity index (χ2n) is 6.83. The summed E-state index contributed by atoms with van der Waals surface area (Å²) in [5.74, 6) is -1.88. The van der Waals surface area contributed by atoms with Crippen LogP contribution in [0.2, 0.25) is 5.02 Å². The largest absolute Gasteiger partial charge is 0.495 e. The first-order valence-corrected chi connectivity index (χ1v) is 11.6. The lowest BCUT2D eigenvalue weighted by Crippen LogP contribution is -2.45. The van der Waals surface area contributed by atoms with Gasteiger partial charge in [-0.2, -0.15) is 0 Å². The van der Waals surface area contributed by atoms with Gasteiger partial charge in [0.25, 0.3) is 0 Å². The third-order valence-electron chi connectivity index (χ3n) is 4.52. The van der Waals surface area contributed by atoms with Crippen LogP contribution in [0.1, 0.15) is 27.6 Å². The molecule has 0 aromatic heterocycles. The van der Waals surface area contributed by atoms with E-state index in [0.717, 1.165) is 24.8 Å². The molecule has 1 atom stereocenters. The summed E-state index contributed by atoms with van der Waals surface area (Å²) in [5, 5.41) is 2.68. The molecule has 10 nitrogen and oxygen atoms in total. The van der Waals surface area contributed by atoms with Gasteiger partial charge in [0.05, 0.1) is 49.4 Å². The van der Waals surface area contributed by atoms with Gasteiger partial charge in [-0.1, -0.05) is 11.6 Å². The van der Waals surface area contributed by atoms with Crippen molar-refractivity contribution in [3.63, 3.8) is 0 Å². The van der Waals surface area contributed by atoms with Gasteiger partial charge in [-0.3, -0.25) is 9.10 Å². The fraction of sp³-hybridized carbons (Fsp3) is 0.286. The maximum absolute atomic E-state index is 13.0. The van der Waals surface area contributed by atoms with Gasteiger partial charge in [-0.05, 0) is 43.3 Å². The van der Waals surface area contributed by atoms with Gasteiger partial charge in [0.2, 0.25) is 15.9 Å². The number of methoxy groups -OCH3 is 3. The molecule has 0 fully saturated rings. The van der Waals surface area contributed by atoms with Gasteiger partial charge in [0.1, 0.15) is 11.8 Å². The Morgan fingerprint density at radius 1 is 0.970 bits per heavy atom. The van der Waals surface area contributed by atoms with Crippen LogP contribution in [-0.4, -0.2) is 59.9 Å². The van der Waals surface area contributed by atoms with E-state index in [1.54, 1.807) is 0 Å². The van der Waals surface area contributed by atoms with Crippen LogP contribution >= 0.6 is 11.6 Å². The third kappa shape index (κ3) is 6.14. The first-order valence-electron chi connectivity index (χ1n) is 9.38. The molecule has 178 valence electrons. The predicted molar refractivity (Wildman–Crippen MR) is 123 cm³/mol. The van der Waals surface area contributed by atoms with Crippen LogP contribution in [0.3, 0.4) is 0 Å². The molecule has 0 heterocycles. The molecule has 0 unspecified atom stereocenters. The molecule has 1 amide bonds. The second kappa shape index (κ2) is 10.5. The summed E-state index contributed by atoms with van der Waals surface area (Å²) in [6, 6.07) is 6.88.